The van der Waals surface area contributed by atoms with Gasteiger partial charge in [-0.25, -0.2) is 4.98 Å². The molecule has 3 aromatic rings. The number of nitrogens with zero attached hydrogens (tertiary/aromatic N) is 4. The molecule has 1 aromatic carbocycles. The first-order chi connectivity index (χ1) is 11.3. The molecule has 6 nitrogen and oxygen atoms in total. The van der Waals surface area contributed by atoms with Crippen LogP contribution in [0, 0.1) is 0 Å². The molecule has 0 aliphatic carbocycles. The minimum absolute atomic E-state index is 0.213. The lowest BCUT2D eigenvalue weighted by Gasteiger charge is -2.16. The van der Waals surface area contributed by atoms with E-state index < -0.39 is 0 Å². The molecule has 1 fully saturated rings. The summed E-state index contributed by atoms with van der Waals surface area (Å²) >= 11 is 0. The average molecular weight is 309 g/mol. The van der Waals surface area contributed by atoms with Crippen LogP contribution >= 0.6 is 0 Å². The van der Waals surface area contributed by atoms with E-state index in [2.05, 4.69) is 19.7 Å². The van der Waals surface area contributed by atoms with Crippen molar-refractivity contribution in [2.45, 2.75) is 25.3 Å². The fourth-order valence-electron chi connectivity index (χ4n) is 3.30. The molecule has 0 saturated carbocycles. The van der Waals surface area contributed by atoms with Gasteiger partial charge >= 0.3 is 0 Å². The van der Waals surface area contributed by atoms with Crippen molar-refractivity contribution in [3.63, 3.8) is 0 Å². The van der Waals surface area contributed by atoms with Crippen molar-refractivity contribution >= 4 is 16.9 Å². The van der Waals surface area contributed by atoms with Crippen LogP contribution in [0.1, 0.15) is 24.5 Å². The second kappa shape index (κ2) is 5.87. The molecule has 1 N–H and O–H groups in total. The van der Waals surface area contributed by atoms with E-state index in [-0.39, 0.29) is 5.91 Å². The van der Waals surface area contributed by atoms with Gasteiger partial charge < -0.3 is 9.47 Å². The van der Waals surface area contributed by atoms with E-state index in [4.69, 9.17) is 0 Å². The molecule has 4 rings (SSSR count). The van der Waals surface area contributed by atoms with Gasteiger partial charge in [0.25, 0.3) is 0 Å². The lowest BCUT2D eigenvalue weighted by atomic mass is 10.1. The zero-order chi connectivity index (χ0) is 15.6. The Morgan fingerprint density at radius 1 is 1.30 bits per heavy atom. The number of carbonyl (C=O) groups excluding carboxylic acids is 1. The van der Waals surface area contributed by atoms with E-state index in [1.165, 1.54) is 0 Å². The van der Waals surface area contributed by atoms with Gasteiger partial charge in [-0.05, 0) is 24.6 Å². The SMILES string of the molecule is O=C(CCn1cnc2ccccc21)N1CC[C@H](c2ccn[nH]2)C1. The summed E-state index contributed by atoms with van der Waals surface area (Å²) in [6, 6.07) is 10.00. The minimum atomic E-state index is 0.213. The highest BCUT2D eigenvalue weighted by molar-refractivity contribution is 5.78. The molecule has 0 spiro atoms. The summed E-state index contributed by atoms with van der Waals surface area (Å²) in [6.45, 7) is 2.28. The van der Waals surface area contributed by atoms with Gasteiger partial charge in [0, 0.05) is 43.9 Å². The maximum absolute atomic E-state index is 12.5. The molecule has 1 amide bonds. The Morgan fingerprint density at radius 3 is 3.09 bits per heavy atom. The van der Waals surface area contributed by atoms with Crippen molar-refractivity contribution in [3.8, 4) is 0 Å². The number of aromatic nitrogens is 4. The number of carbonyl (C=O) groups is 1. The van der Waals surface area contributed by atoms with Gasteiger partial charge in [0.2, 0.25) is 5.91 Å². The van der Waals surface area contributed by atoms with E-state index in [1.54, 1.807) is 6.20 Å². The third-order valence-electron chi connectivity index (χ3n) is 4.60. The summed E-state index contributed by atoms with van der Waals surface area (Å²) in [7, 11) is 0. The van der Waals surface area contributed by atoms with Crippen molar-refractivity contribution in [2.24, 2.45) is 0 Å². The van der Waals surface area contributed by atoms with Crippen LogP contribution in [0.5, 0.6) is 0 Å². The van der Waals surface area contributed by atoms with E-state index in [1.807, 2.05) is 41.6 Å². The van der Waals surface area contributed by atoms with Gasteiger partial charge in [0.15, 0.2) is 0 Å². The molecule has 1 saturated heterocycles. The number of benzene rings is 1. The normalized spacial score (nSPS) is 17.9. The molecule has 0 radical (unpaired) electrons. The van der Waals surface area contributed by atoms with Gasteiger partial charge in [-0.3, -0.25) is 9.89 Å². The number of likely N-dealkylation sites (tertiary alicyclic amines) is 1. The summed E-state index contributed by atoms with van der Waals surface area (Å²) in [5, 5.41) is 7.01. The third kappa shape index (κ3) is 2.72. The first kappa shape index (κ1) is 14.0. The number of H-pyrrole nitrogens is 1. The first-order valence-corrected chi connectivity index (χ1v) is 7.98. The molecule has 0 unspecified atom stereocenters. The second-order valence-corrected chi connectivity index (χ2v) is 6.01. The summed E-state index contributed by atoms with van der Waals surface area (Å²) < 4.78 is 2.05. The number of fused-ring (bicyclic) bond motifs is 1. The number of hydrogen-bond acceptors (Lipinski definition) is 3. The zero-order valence-corrected chi connectivity index (χ0v) is 12.9. The predicted octanol–water partition coefficient (Wildman–Crippen LogP) is 2.17. The van der Waals surface area contributed by atoms with Crippen LogP contribution in [0.4, 0.5) is 0 Å². The molecule has 23 heavy (non-hydrogen) atoms. The molecule has 118 valence electrons. The van der Waals surface area contributed by atoms with Crippen LogP contribution in [0.3, 0.4) is 0 Å². The summed E-state index contributed by atoms with van der Waals surface area (Å²) in [5.41, 5.74) is 3.18. The van der Waals surface area contributed by atoms with Crippen LogP contribution < -0.4 is 0 Å². The number of para-hydroxylation sites is 2. The summed E-state index contributed by atoms with van der Waals surface area (Å²) in [5.74, 6) is 0.598. The quantitative estimate of drug-likeness (QED) is 0.803. The maximum Gasteiger partial charge on any atom is 0.224 e. The molecule has 1 aliphatic rings. The van der Waals surface area contributed by atoms with Gasteiger partial charge in [-0.2, -0.15) is 5.10 Å². The van der Waals surface area contributed by atoms with E-state index in [0.717, 1.165) is 36.2 Å². The minimum Gasteiger partial charge on any atom is -0.342 e. The largest absolute Gasteiger partial charge is 0.342 e. The number of nitrogens with one attached hydrogen (secondary N) is 1. The highest BCUT2D eigenvalue weighted by atomic mass is 16.2. The molecule has 0 bridgehead atoms. The van der Waals surface area contributed by atoms with Crippen molar-refractivity contribution in [1.82, 2.24) is 24.6 Å². The first-order valence-electron chi connectivity index (χ1n) is 7.98. The van der Waals surface area contributed by atoms with Crippen molar-refractivity contribution in [2.75, 3.05) is 13.1 Å². The van der Waals surface area contributed by atoms with E-state index in [0.29, 0.717) is 18.9 Å². The standard InChI is InChI=1S/C17H19N5O/c23-17(21-9-6-13(11-21)14-5-8-19-20-14)7-10-22-12-18-15-3-1-2-4-16(15)22/h1-5,8,12-13H,6-7,9-11H2,(H,19,20)/t13-/m0/s1. The molecular formula is C17H19N5O. The van der Waals surface area contributed by atoms with Gasteiger partial charge in [-0.15, -0.1) is 0 Å². The molecule has 3 heterocycles. The van der Waals surface area contributed by atoms with Crippen LogP contribution in [0.2, 0.25) is 0 Å². The second-order valence-electron chi connectivity index (χ2n) is 6.01. The number of aromatic amines is 1. The molecular weight excluding hydrogens is 290 g/mol. The Labute approximate surface area is 134 Å². The molecule has 6 heteroatoms. The fourth-order valence-corrected chi connectivity index (χ4v) is 3.30. The van der Waals surface area contributed by atoms with E-state index in [9.17, 15) is 4.79 Å². The van der Waals surface area contributed by atoms with Gasteiger partial charge in [0.1, 0.15) is 0 Å². The number of hydrogen-bond donors (Lipinski definition) is 1. The molecule has 1 atom stereocenters. The van der Waals surface area contributed by atoms with Crippen LogP contribution in [-0.4, -0.2) is 43.6 Å². The topological polar surface area (TPSA) is 66.8 Å². The van der Waals surface area contributed by atoms with E-state index >= 15 is 0 Å². The van der Waals surface area contributed by atoms with Crippen LogP contribution in [0.15, 0.2) is 42.9 Å². The Bertz CT molecular complexity index is 807. The van der Waals surface area contributed by atoms with Gasteiger partial charge in [0.05, 0.1) is 17.4 Å². The lowest BCUT2D eigenvalue weighted by Crippen LogP contribution is -2.29. The lowest BCUT2D eigenvalue weighted by molar-refractivity contribution is -0.130. The Morgan fingerprint density at radius 2 is 2.22 bits per heavy atom. The molecule has 1 aliphatic heterocycles. The highest BCUT2D eigenvalue weighted by Crippen LogP contribution is 2.26. The number of rotatable bonds is 4. The van der Waals surface area contributed by atoms with Crippen molar-refractivity contribution < 1.29 is 4.79 Å². The van der Waals surface area contributed by atoms with Crippen LogP contribution in [0.25, 0.3) is 11.0 Å². The highest BCUT2D eigenvalue weighted by Gasteiger charge is 2.27. The maximum atomic E-state index is 12.5. The molecule has 2 aromatic heterocycles. The Kier molecular flexibility index (Phi) is 3.57. The monoisotopic (exact) mass is 309 g/mol. The summed E-state index contributed by atoms with van der Waals surface area (Å²) in [4.78, 5) is 18.8. The van der Waals surface area contributed by atoms with Gasteiger partial charge in [-0.1, -0.05) is 12.1 Å². The smallest absolute Gasteiger partial charge is 0.224 e. The number of amides is 1. The fraction of sp³-hybridized carbons (Fsp3) is 0.353. The average Bonchev–Trinajstić information content (AvgIpc) is 3.31. The van der Waals surface area contributed by atoms with Crippen molar-refractivity contribution in [3.05, 3.63) is 48.5 Å². The Hall–Kier alpha value is -2.63. The Balaban J connectivity index is 1.37. The number of imidazole rings is 1. The van der Waals surface area contributed by atoms with Crippen molar-refractivity contribution in [1.29, 1.82) is 0 Å². The zero-order valence-electron chi connectivity index (χ0n) is 12.9. The number of aryl methyl sites for hydroxylation is 1. The third-order valence-corrected chi connectivity index (χ3v) is 4.60. The summed E-state index contributed by atoms with van der Waals surface area (Å²) in [6.07, 6.45) is 5.09. The van der Waals surface area contributed by atoms with Crippen LogP contribution in [-0.2, 0) is 11.3 Å². The predicted molar refractivity (Wildman–Crippen MR) is 86.9 cm³/mol.